The number of hydrogen-bond donors (Lipinski definition) is 29. The summed E-state index contributed by atoms with van der Waals surface area (Å²) >= 11 is 0. The monoisotopic (exact) mass is 1930 g/mol. The molecule has 0 spiro atoms. The van der Waals surface area contributed by atoms with Gasteiger partial charge in [0, 0.05) is 58.4 Å². The molecule has 1 aromatic heterocycles. The van der Waals surface area contributed by atoms with Crippen molar-refractivity contribution in [2.24, 2.45) is 66.6 Å². The second-order valence-electron chi connectivity index (χ2n) is 32.8. The van der Waals surface area contributed by atoms with E-state index in [9.17, 15) is 97.1 Å². The second-order valence-corrected chi connectivity index (χ2v) is 32.8. The zero-order valence-electron chi connectivity index (χ0n) is 78.2. The molecule has 38 N–H and O–H groups in total. The number of aromatic amines is 1. The van der Waals surface area contributed by atoms with E-state index in [-0.39, 0.29) is 157 Å². The standard InChI is InChI=1S/C86H139N29O22/c1-8-12-19-54(71(125)102-53(18-11-4)78(132)115-68(46(6)117)83(137)109-59(24-17-37-99-86(94)95)73(127)108-60(33-34-66(87)121)77(131)104-57(22-15-35-97-84(90)91)74(128)110-61(69(89)123)38-48-25-29-51(119)30-26-48)106-81(135)64(41-67(88)122)113-75(129)56(21-14-10-3)105-79(133)62(39-49-27-31-52(120)32-28-49)111-80(134)63(40-50-42-96-44-100-50)112-76(130)58(23-16-36-98-85(92)93)103-72(126)55(20-13-9-2)107-82(136)65(43-116)114-70(124)45(5)101-47(7)118/h25-32,42,44-46,53-65,68,116-117,119-120H,8-24,33-41,43H2,1-7H3,(H2,87,121)(H2,88,122)(H2,89,123)(H,96,100)(H,101,118)(H,102,125)(H,103,126)(H,104,131)(H,105,133)(H,106,135)(H,107,136)(H,108,127)(H,109,137)(H,110,128)(H,111,134)(H,112,130)(H,113,129)(H,114,124)(H,115,132)(H4,90,91,97)(H4,92,93,98)(H4,94,95,99)/t45-,46+,53-,54-,55-,56-,57-,58-,59-,60-,61-,62-,63-,64-,65-,68-/m0/s1. The molecular formula is C86H139N29O22. The van der Waals surface area contributed by atoms with Gasteiger partial charge >= 0.3 is 0 Å². The molecule has 51 nitrogen and oxygen atoms in total. The summed E-state index contributed by atoms with van der Waals surface area (Å²) < 4.78 is 0. The summed E-state index contributed by atoms with van der Waals surface area (Å²) in [6.07, 6.45) is -0.876. The number of guanidine groups is 3. The van der Waals surface area contributed by atoms with Crippen molar-refractivity contribution in [1.82, 2.24) is 89.7 Å². The number of aromatic nitrogens is 2. The highest BCUT2D eigenvalue weighted by molar-refractivity contribution is 6.02. The van der Waals surface area contributed by atoms with Crippen molar-refractivity contribution in [3.63, 3.8) is 0 Å². The number of primary amides is 3. The maximum atomic E-state index is 15.0. The van der Waals surface area contributed by atoms with E-state index in [1.54, 1.807) is 27.7 Å². The number of amides is 18. The number of aliphatic hydroxyl groups excluding tert-OH is 2. The van der Waals surface area contributed by atoms with Gasteiger partial charge in [0.2, 0.25) is 106 Å². The maximum absolute atomic E-state index is 15.0. The zero-order chi connectivity index (χ0) is 103. The SMILES string of the molecule is CCCC[C@H](NC(=O)[C@H](CO)NC(=O)[C@H](C)NC(C)=O)C(=O)N[C@@H](CCCN=C(N)N)C(=O)N[C@@H](Cc1c[nH]cn1)C(=O)N[C@@H](Cc1ccc(O)cc1)C(=O)N[C@@H](CCCC)C(=O)N[C@@H](CC(N)=O)C(=O)N[C@@H](CCCC)C(=O)N[C@@H](CCC)C(=O)N[C@H](C(=O)N[C@@H](CCCN=C(N)N)C(=O)N[C@@H](CCC(N)=O)C(=O)N[C@@H](CCCN=C(N)N)C(=O)N[C@@H](Cc1ccc(O)cc1)C(N)=O)[C@@H](C)O. The minimum absolute atomic E-state index is 0.0223. The van der Waals surface area contributed by atoms with Crippen molar-refractivity contribution < 1.29 is 107 Å². The highest BCUT2D eigenvalue weighted by Crippen LogP contribution is 2.18. The van der Waals surface area contributed by atoms with E-state index < -0.39 is 229 Å². The van der Waals surface area contributed by atoms with E-state index in [0.717, 1.165) is 13.8 Å². The Labute approximate surface area is 792 Å². The number of nitrogens with zero attached hydrogens (tertiary/aromatic N) is 4. The Morgan fingerprint density at radius 1 is 0.350 bits per heavy atom. The van der Waals surface area contributed by atoms with Crippen molar-refractivity contribution >= 4 is 124 Å². The fraction of sp³-hybridized carbons (Fsp3) is 0.581. The molecule has 0 fully saturated rings. The number of carbonyl (C=O) groups is 18. The Morgan fingerprint density at radius 2 is 0.657 bits per heavy atom. The summed E-state index contributed by atoms with van der Waals surface area (Å²) in [5.41, 5.74) is 51.2. The number of benzene rings is 2. The molecule has 2 aromatic carbocycles. The van der Waals surface area contributed by atoms with Gasteiger partial charge in [0.15, 0.2) is 17.9 Å². The van der Waals surface area contributed by atoms with E-state index in [4.69, 9.17) is 51.6 Å². The Bertz CT molecular complexity index is 4570. The van der Waals surface area contributed by atoms with Gasteiger partial charge in [0.25, 0.3) is 0 Å². The van der Waals surface area contributed by atoms with Crippen LogP contribution in [0.25, 0.3) is 0 Å². The Balaban J connectivity index is 2.02. The second kappa shape index (κ2) is 62.1. The van der Waals surface area contributed by atoms with Gasteiger partial charge in [-0.2, -0.15) is 0 Å². The number of phenols is 2. The number of aromatic hydroxyl groups is 2. The highest BCUT2D eigenvalue weighted by atomic mass is 16.3. The molecule has 0 bridgehead atoms. The van der Waals surface area contributed by atoms with Gasteiger partial charge < -0.3 is 157 Å². The lowest BCUT2D eigenvalue weighted by Gasteiger charge is -2.29. The molecule has 0 saturated carbocycles. The van der Waals surface area contributed by atoms with E-state index in [2.05, 4.69) is 105 Å². The van der Waals surface area contributed by atoms with E-state index in [1.165, 1.54) is 68.0 Å². The topological polar surface area (TPSA) is 869 Å². The van der Waals surface area contributed by atoms with Gasteiger partial charge in [-0.1, -0.05) is 96.9 Å². The normalized spacial score (nSPS) is 14.5. The number of aliphatic imine (C=N–C) groups is 3. The first-order valence-electron chi connectivity index (χ1n) is 45.2. The number of carbonyl (C=O) groups excluding carboxylic acids is 18. The molecule has 1 heterocycles. The van der Waals surface area contributed by atoms with Crippen molar-refractivity contribution in [3.05, 3.63) is 77.9 Å². The molecule has 51 heteroatoms. The third-order valence-corrected chi connectivity index (χ3v) is 21.1. The molecule has 137 heavy (non-hydrogen) atoms. The first-order valence-corrected chi connectivity index (χ1v) is 45.2. The minimum atomic E-state index is -1.94. The molecule has 0 saturated heterocycles. The molecule has 0 aliphatic rings. The highest BCUT2D eigenvalue weighted by Gasteiger charge is 2.40. The van der Waals surface area contributed by atoms with Crippen LogP contribution in [0.1, 0.15) is 194 Å². The lowest BCUT2D eigenvalue weighted by molar-refractivity contribution is -0.137. The largest absolute Gasteiger partial charge is 0.508 e. The summed E-state index contributed by atoms with van der Waals surface area (Å²) in [6.45, 7) is 9.34. The van der Waals surface area contributed by atoms with Crippen molar-refractivity contribution in [3.8, 4) is 11.5 Å². The van der Waals surface area contributed by atoms with Gasteiger partial charge in [-0.3, -0.25) is 101 Å². The van der Waals surface area contributed by atoms with Crippen LogP contribution in [0.2, 0.25) is 0 Å². The summed E-state index contributed by atoms with van der Waals surface area (Å²) in [7, 11) is 0. The van der Waals surface area contributed by atoms with Crippen molar-refractivity contribution in [1.29, 1.82) is 0 Å². The Morgan fingerprint density at radius 3 is 0.985 bits per heavy atom. The smallest absolute Gasteiger partial charge is 0.245 e. The van der Waals surface area contributed by atoms with Crippen LogP contribution in [0.4, 0.5) is 0 Å². The lowest BCUT2D eigenvalue weighted by Crippen LogP contribution is -2.62. The molecule has 18 amide bonds. The van der Waals surface area contributed by atoms with Gasteiger partial charge in [-0.25, -0.2) is 4.98 Å². The average molecular weight is 1930 g/mol. The number of rotatable bonds is 66. The summed E-state index contributed by atoms with van der Waals surface area (Å²) in [5.74, 6) is -19.3. The number of nitrogens with two attached hydrogens (primary N) is 9. The lowest BCUT2D eigenvalue weighted by atomic mass is 10.0. The number of phenolic OH excluding ortho intramolecular Hbond substituents is 2. The molecule has 0 radical (unpaired) electrons. The summed E-state index contributed by atoms with van der Waals surface area (Å²) in [5, 5.41) is 79.2. The minimum Gasteiger partial charge on any atom is -0.508 e. The Hall–Kier alpha value is -14.6. The first kappa shape index (κ1) is 117. The van der Waals surface area contributed by atoms with E-state index in [1.807, 2.05) is 0 Å². The molecule has 0 aliphatic heterocycles. The molecular weight excluding hydrogens is 1790 g/mol. The van der Waals surface area contributed by atoms with E-state index in [0.29, 0.717) is 36.8 Å². The van der Waals surface area contributed by atoms with E-state index >= 15 is 9.59 Å². The van der Waals surface area contributed by atoms with Crippen LogP contribution >= 0.6 is 0 Å². The van der Waals surface area contributed by atoms with Crippen molar-refractivity contribution in [2.75, 3.05) is 26.2 Å². The van der Waals surface area contributed by atoms with Gasteiger partial charge in [-0.15, -0.1) is 0 Å². The third-order valence-electron chi connectivity index (χ3n) is 21.1. The van der Waals surface area contributed by atoms with Crippen LogP contribution in [-0.2, 0) is 106 Å². The molecule has 3 aromatic rings. The van der Waals surface area contributed by atoms with Crippen LogP contribution in [0.15, 0.2) is 76.0 Å². The molecule has 760 valence electrons. The molecule has 16 atom stereocenters. The fourth-order valence-electron chi connectivity index (χ4n) is 13.6. The van der Waals surface area contributed by atoms with Crippen LogP contribution in [0, 0.1) is 0 Å². The predicted molar refractivity (Wildman–Crippen MR) is 500 cm³/mol. The number of H-pyrrole nitrogens is 1. The van der Waals surface area contributed by atoms with Crippen LogP contribution in [0.3, 0.4) is 0 Å². The average Bonchev–Trinajstić information content (AvgIpc) is 1.32. The quantitative estimate of drug-likeness (QED) is 0.0142. The molecule has 0 unspecified atom stereocenters. The Kier molecular flexibility index (Phi) is 52.8. The summed E-state index contributed by atoms with van der Waals surface area (Å²) in [6, 6.07) is -12.7. The van der Waals surface area contributed by atoms with Crippen LogP contribution < -0.4 is 131 Å². The number of nitrogens with one attached hydrogen (secondary N) is 16. The van der Waals surface area contributed by atoms with Gasteiger partial charge in [0.05, 0.1) is 31.2 Å². The molecule has 3 rings (SSSR count). The number of aliphatic hydroxyl groups is 2. The molecule has 0 aliphatic carbocycles. The number of imidazole rings is 1. The first-order chi connectivity index (χ1) is 64.8. The third kappa shape index (κ3) is 45.4. The van der Waals surface area contributed by atoms with Crippen LogP contribution in [-0.4, -0.2) is 278 Å². The maximum Gasteiger partial charge on any atom is 0.245 e. The van der Waals surface area contributed by atoms with Crippen LogP contribution in [0.5, 0.6) is 11.5 Å². The summed E-state index contributed by atoms with van der Waals surface area (Å²) in [4.78, 5) is 270. The van der Waals surface area contributed by atoms with Gasteiger partial charge in [-0.05, 0) is 120 Å². The fourth-order valence-corrected chi connectivity index (χ4v) is 13.6. The zero-order valence-corrected chi connectivity index (χ0v) is 78.2. The van der Waals surface area contributed by atoms with Crippen molar-refractivity contribution in [2.45, 2.75) is 293 Å². The number of hydrogen-bond acceptors (Lipinski definition) is 26. The predicted octanol–water partition coefficient (Wildman–Crippen LogP) is -8.31. The number of unbranched alkanes of at least 4 members (excludes halogenated alkanes) is 3. The van der Waals surface area contributed by atoms with Gasteiger partial charge in [0.1, 0.15) is 102 Å².